The van der Waals surface area contributed by atoms with Gasteiger partial charge in [-0.25, -0.2) is 0 Å². The van der Waals surface area contributed by atoms with Crippen LogP contribution in [0.5, 0.6) is 5.75 Å². The molecule has 3 aromatic rings. The van der Waals surface area contributed by atoms with Gasteiger partial charge in [-0.3, -0.25) is 9.36 Å². The van der Waals surface area contributed by atoms with Crippen LogP contribution in [-0.4, -0.2) is 33.5 Å². The van der Waals surface area contributed by atoms with Gasteiger partial charge in [-0.05, 0) is 30.7 Å². The van der Waals surface area contributed by atoms with E-state index < -0.39 is 0 Å². The molecule has 0 saturated heterocycles. The summed E-state index contributed by atoms with van der Waals surface area (Å²) in [5.41, 5.74) is 2.78. The standard InChI is InChI=1S/C19H19ClN4O2S/c1-13-7-8-15(9-16(13)20)24-12-22-23-19(24)27-11-18(25)21-10-14-5-3-4-6-17(14)26-2/h3-9,12H,10-11H2,1-2H3,(H,21,25). The number of carbonyl (C=O) groups is 1. The molecule has 0 aliphatic carbocycles. The number of hydrogen-bond acceptors (Lipinski definition) is 5. The fourth-order valence-electron chi connectivity index (χ4n) is 2.46. The number of rotatable bonds is 7. The van der Waals surface area contributed by atoms with Crippen LogP contribution >= 0.6 is 23.4 Å². The maximum Gasteiger partial charge on any atom is 0.230 e. The van der Waals surface area contributed by atoms with E-state index in [0.29, 0.717) is 16.7 Å². The Labute approximate surface area is 166 Å². The molecule has 1 amide bonds. The van der Waals surface area contributed by atoms with Crippen molar-refractivity contribution < 1.29 is 9.53 Å². The number of thioether (sulfide) groups is 1. The van der Waals surface area contributed by atoms with Crippen LogP contribution in [0.3, 0.4) is 0 Å². The summed E-state index contributed by atoms with van der Waals surface area (Å²) in [6, 6.07) is 13.3. The summed E-state index contributed by atoms with van der Waals surface area (Å²) in [5.74, 6) is 0.886. The van der Waals surface area contributed by atoms with Crippen molar-refractivity contribution in [2.45, 2.75) is 18.6 Å². The topological polar surface area (TPSA) is 69.0 Å². The van der Waals surface area contributed by atoms with Gasteiger partial charge >= 0.3 is 0 Å². The number of benzene rings is 2. The molecule has 0 bridgehead atoms. The molecule has 0 unspecified atom stereocenters. The van der Waals surface area contributed by atoms with Gasteiger partial charge in [0.25, 0.3) is 0 Å². The third kappa shape index (κ3) is 4.81. The first-order valence-electron chi connectivity index (χ1n) is 8.26. The molecule has 8 heteroatoms. The second-order valence-corrected chi connectivity index (χ2v) is 7.14. The summed E-state index contributed by atoms with van der Waals surface area (Å²) in [6.45, 7) is 2.35. The highest BCUT2D eigenvalue weighted by atomic mass is 35.5. The van der Waals surface area contributed by atoms with Crippen molar-refractivity contribution in [2.24, 2.45) is 0 Å². The summed E-state index contributed by atoms with van der Waals surface area (Å²) in [5, 5.41) is 12.2. The minimum absolute atomic E-state index is 0.0950. The van der Waals surface area contributed by atoms with Crippen molar-refractivity contribution in [2.75, 3.05) is 12.9 Å². The molecule has 6 nitrogen and oxygen atoms in total. The van der Waals surface area contributed by atoms with Gasteiger partial charge in [-0.2, -0.15) is 0 Å². The third-order valence-electron chi connectivity index (χ3n) is 3.95. The van der Waals surface area contributed by atoms with Crippen molar-refractivity contribution in [1.29, 1.82) is 0 Å². The van der Waals surface area contributed by atoms with E-state index in [9.17, 15) is 4.79 Å². The number of ether oxygens (including phenoxy) is 1. The molecular formula is C19H19ClN4O2S. The van der Waals surface area contributed by atoms with Crippen LogP contribution in [0.15, 0.2) is 53.9 Å². The Bertz CT molecular complexity index is 945. The lowest BCUT2D eigenvalue weighted by molar-refractivity contribution is -0.118. The molecule has 0 radical (unpaired) electrons. The number of aromatic nitrogens is 3. The minimum Gasteiger partial charge on any atom is -0.496 e. The molecule has 0 aliphatic heterocycles. The SMILES string of the molecule is COc1ccccc1CNC(=O)CSc1nncn1-c1ccc(C)c(Cl)c1. The zero-order valence-corrected chi connectivity index (χ0v) is 16.5. The molecule has 0 atom stereocenters. The molecule has 1 aromatic heterocycles. The van der Waals surface area contributed by atoms with E-state index in [-0.39, 0.29) is 11.7 Å². The van der Waals surface area contributed by atoms with E-state index in [2.05, 4.69) is 15.5 Å². The van der Waals surface area contributed by atoms with Crippen molar-refractivity contribution in [3.8, 4) is 11.4 Å². The highest BCUT2D eigenvalue weighted by Crippen LogP contribution is 2.23. The van der Waals surface area contributed by atoms with Crippen LogP contribution in [0.4, 0.5) is 0 Å². The summed E-state index contributed by atoms with van der Waals surface area (Å²) >= 11 is 7.51. The quantitative estimate of drug-likeness (QED) is 0.611. The molecule has 1 heterocycles. The average Bonchev–Trinajstić information content (AvgIpc) is 3.15. The summed E-state index contributed by atoms with van der Waals surface area (Å²) in [6.07, 6.45) is 1.61. The first-order chi connectivity index (χ1) is 13.1. The molecule has 0 spiro atoms. The molecule has 0 fully saturated rings. The molecule has 140 valence electrons. The highest BCUT2D eigenvalue weighted by Gasteiger charge is 2.11. The third-order valence-corrected chi connectivity index (χ3v) is 5.30. The normalized spacial score (nSPS) is 10.6. The number of methoxy groups -OCH3 is 1. The molecule has 3 rings (SSSR count). The van der Waals surface area contributed by atoms with Crippen molar-refractivity contribution in [3.63, 3.8) is 0 Å². The van der Waals surface area contributed by atoms with Gasteiger partial charge in [0.15, 0.2) is 5.16 Å². The first-order valence-corrected chi connectivity index (χ1v) is 9.63. The van der Waals surface area contributed by atoms with Crippen LogP contribution in [0.2, 0.25) is 5.02 Å². The number of para-hydroxylation sites is 1. The monoisotopic (exact) mass is 402 g/mol. The fourth-order valence-corrected chi connectivity index (χ4v) is 3.39. The van der Waals surface area contributed by atoms with Gasteiger partial charge < -0.3 is 10.1 Å². The van der Waals surface area contributed by atoms with Crippen molar-refractivity contribution >= 4 is 29.3 Å². The Balaban J connectivity index is 1.60. The summed E-state index contributed by atoms with van der Waals surface area (Å²) in [4.78, 5) is 12.2. The van der Waals surface area contributed by atoms with E-state index in [1.165, 1.54) is 11.8 Å². The highest BCUT2D eigenvalue weighted by molar-refractivity contribution is 7.99. The van der Waals surface area contributed by atoms with E-state index in [0.717, 1.165) is 22.6 Å². The van der Waals surface area contributed by atoms with Gasteiger partial charge in [-0.15, -0.1) is 10.2 Å². The second-order valence-electron chi connectivity index (χ2n) is 5.79. The van der Waals surface area contributed by atoms with Gasteiger partial charge in [0.05, 0.1) is 18.6 Å². The van der Waals surface area contributed by atoms with E-state index in [4.69, 9.17) is 16.3 Å². The van der Waals surface area contributed by atoms with Crippen LogP contribution < -0.4 is 10.1 Å². The minimum atomic E-state index is -0.0950. The second kappa shape index (κ2) is 8.92. The molecule has 1 N–H and O–H groups in total. The number of carbonyl (C=O) groups excluding carboxylic acids is 1. The lowest BCUT2D eigenvalue weighted by Gasteiger charge is -2.10. The summed E-state index contributed by atoms with van der Waals surface area (Å²) in [7, 11) is 1.61. The number of nitrogens with one attached hydrogen (secondary N) is 1. The number of aryl methyl sites for hydroxylation is 1. The van der Waals surface area contributed by atoms with Crippen molar-refractivity contribution in [1.82, 2.24) is 20.1 Å². The predicted octanol–water partition coefficient (Wildman–Crippen LogP) is 3.65. The Morgan fingerprint density at radius 2 is 2.11 bits per heavy atom. The van der Waals surface area contributed by atoms with Crippen LogP contribution in [0.1, 0.15) is 11.1 Å². The predicted molar refractivity (Wildman–Crippen MR) is 107 cm³/mol. The van der Waals surface area contributed by atoms with E-state index >= 15 is 0 Å². The molecule has 0 aliphatic rings. The molecule has 0 saturated carbocycles. The Hall–Kier alpha value is -2.51. The van der Waals surface area contributed by atoms with E-state index in [1.54, 1.807) is 13.4 Å². The van der Waals surface area contributed by atoms with Gasteiger partial charge in [-0.1, -0.05) is 47.6 Å². The maximum absolute atomic E-state index is 12.2. The van der Waals surface area contributed by atoms with Gasteiger partial charge in [0.1, 0.15) is 12.1 Å². The zero-order chi connectivity index (χ0) is 19.2. The zero-order valence-electron chi connectivity index (χ0n) is 15.0. The fraction of sp³-hybridized carbons (Fsp3) is 0.211. The smallest absolute Gasteiger partial charge is 0.230 e. The van der Waals surface area contributed by atoms with Crippen molar-refractivity contribution in [3.05, 3.63) is 64.9 Å². The number of nitrogens with zero attached hydrogens (tertiary/aromatic N) is 3. The van der Waals surface area contributed by atoms with Gasteiger partial charge in [0.2, 0.25) is 5.91 Å². The lowest BCUT2D eigenvalue weighted by atomic mass is 10.2. The first kappa shape index (κ1) is 19.3. The maximum atomic E-state index is 12.2. The van der Waals surface area contributed by atoms with E-state index in [1.807, 2.05) is 54.0 Å². The van der Waals surface area contributed by atoms with Crippen LogP contribution in [0, 0.1) is 6.92 Å². The molecule has 2 aromatic carbocycles. The largest absolute Gasteiger partial charge is 0.496 e. The lowest BCUT2D eigenvalue weighted by Crippen LogP contribution is -2.25. The van der Waals surface area contributed by atoms with Crippen LogP contribution in [-0.2, 0) is 11.3 Å². The Morgan fingerprint density at radius 3 is 2.89 bits per heavy atom. The number of halogens is 1. The summed E-state index contributed by atoms with van der Waals surface area (Å²) < 4.78 is 7.10. The van der Waals surface area contributed by atoms with Crippen LogP contribution in [0.25, 0.3) is 5.69 Å². The average molecular weight is 403 g/mol. The Morgan fingerprint density at radius 1 is 1.30 bits per heavy atom. The molecule has 27 heavy (non-hydrogen) atoms. The van der Waals surface area contributed by atoms with Gasteiger partial charge in [0, 0.05) is 17.1 Å². The molecular weight excluding hydrogens is 384 g/mol. The number of hydrogen-bond donors (Lipinski definition) is 1. The Kier molecular flexibility index (Phi) is 6.36. The number of amides is 1.